The first-order chi connectivity index (χ1) is 8.76. The van der Waals surface area contributed by atoms with Crippen LogP contribution in [0.1, 0.15) is 30.3 Å². The molecule has 18 heavy (non-hydrogen) atoms. The molecule has 0 amide bonds. The minimum Gasteiger partial charge on any atom is -0.441 e. The van der Waals surface area contributed by atoms with Gasteiger partial charge in [0.2, 0.25) is 0 Å². The molecule has 1 aliphatic rings. The third-order valence-electron chi connectivity index (χ3n) is 3.46. The average molecular weight is 245 g/mol. The van der Waals surface area contributed by atoms with Crippen molar-refractivity contribution in [3.8, 4) is 0 Å². The molecule has 3 rings (SSSR count). The number of likely N-dealkylation sites (N-methyl/N-ethyl adjacent to an activating group) is 1. The number of nitrogens with one attached hydrogen (secondary N) is 2. The second-order valence-electron chi connectivity index (χ2n) is 4.98. The number of aryl methyl sites for hydroxylation is 1. The molecule has 0 saturated heterocycles. The third-order valence-corrected chi connectivity index (χ3v) is 3.46. The summed E-state index contributed by atoms with van der Waals surface area (Å²) in [5.41, 5.74) is 3.06. The zero-order valence-electron chi connectivity index (χ0n) is 10.9. The molecular formula is C14H19N3O. The van der Waals surface area contributed by atoms with Gasteiger partial charge in [-0.25, -0.2) is 4.98 Å². The van der Waals surface area contributed by atoms with Crippen LogP contribution in [0.3, 0.4) is 0 Å². The van der Waals surface area contributed by atoms with Crippen molar-refractivity contribution in [1.82, 2.24) is 15.6 Å². The maximum atomic E-state index is 5.50. The van der Waals surface area contributed by atoms with Crippen LogP contribution in [0.5, 0.6) is 0 Å². The predicted octanol–water partition coefficient (Wildman–Crippen LogP) is 2.15. The predicted molar refractivity (Wildman–Crippen MR) is 71.6 cm³/mol. The highest BCUT2D eigenvalue weighted by Gasteiger charge is 2.22. The number of oxazole rings is 1. The van der Waals surface area contributed by atoms with Gasteiger partial charge >= 0.3 is 0 Å². The number of rotatable bonds is 5. The Kier molecular flexibility index (Phi) is 3.06. The van der Waals surface area contributed by atoms with Gasteiger partial charge in [-0.05, 0) is 37.6 Å². The first kappa shape index (κ1) is 11.7. The van der Waals surface area contributed by atoms with Crippen molar-refractivity contribution in [2.24, 2.45) is 0 Å². The molecule has 0 bridgehead atoms. The summed E-state index contributed by atoms with van der Waals surface area (Å²) in [7, 11) is 2.00. The number of nitrogens with zero attached hydrogens (tertiary/aromatic N) is 1. The molecule has 96 valence electrons. The number of fused-ring (bicyclic) bond motifs is 1. The zero-order valence-corrected chi connectivity index (χ0v) is 10.9. The molecule has 4 heteroatoms. The van der Waals surface area contributed by atoms with Crippen molar-refractivity contribution in [3.63, 3.8) is 0 Å². The van der Waals surface area contributed by atoms with E-state index in [0.717, 1.165) is 29.6 Å². The molecule has 4 nitrogen and oxygen atoms in total. The van der Waals surface area contributed by atoms with Crippen molar-refractivity contribution in [2.75, 3.05) is 13.6 Å². The molecule has 1 heterocycles. The van der Waals surface area contributed by atoms with E-state index in [1.165, 1.54) is 18.4 Å². The second kappa shape index (κ2) is 4.71. The lowest BCUT2D eigenvalue weighted by molar-refractivity contribution is 0.526. The smallest absolute Gasteiger partial charge is 0.192 e. The fraction of sp³-hybridized carbons (Fsp3) is 0.500. The van der Waals surface area contributed by atoms with Gasteiger partial charge in [-0.3, -0.25) is 0 Å². The summed E-state index contributed by atoms with van der Waals surface area (Å²) < 4.78 is 5.50. The molecule has 1 aliphatic carbocycles. The minimum atomic E-state index is 0.326. The Hall–Kier alpha value is -1.39. The summed E-state index contributed by atoms with van der Waals surface area (Å²) in [6.07, 6.45) is 2.63. The number of hydrogen-bond donors (Lipinski definition) is 2. The van der Waals surface area contributed by atoms with E-state index in [1.807, 2.05) is 20.0 Å². The van der Waals surface area contributed by atoms with Gasteiger partial charge in [0.25, 0.3) is 0 Å². The Labute approximate surface area is 107 Å². The molecule has 1 aromatic carbocycles. The first-order valence-electron chi connectivity index (χ1n) is 6.54. The van der Waals surface area contributed by atoms with Crippen LogP contribution in [0.15, 0.2) is 22.6 Å². The van der Waals surface area contributed by atoms with Crippen LogP contribution in [0, 0.1) is 6.92 Å². The van der Waals surface area contributed by atoms with Gasteiger partial charge < -0.3 is 15.1 Å². The number of hydrogen-bond acceptors (Lipinski definition) is 4. The summed E-state index contributed by atoms with van der Waals surface area (Å²) in [4.78, 5) is 4.38. The molecular weight excluding hydrogens is 226 g/mol. The fourth-order valence-corrected chi connectivity index (χ4v) is 2.23. The Balaban J connectivity index is 1.80. The Bertz CT molecular complexity index is 545. The number of aromatic nitrogens is 1. The highest BCUT2D eigenvalue weighted by molar-refractivity contribution is 5.73. The molecule has 1 fully saturated rings. The normalized spacial score (nSPS) is 17.2. The van der Waals surface area contributed by atoms with Crippen molar-refractivity contribution in [2.45, 2.75) is 31.8 Å². The highest BCUT2D eigenvalue weighted by Crippen LogP contribution is 2.23. The van der Waals surface area contributed by atoms with Gasteiger partial charge in [0, 0.05) is 25.6 Å². The summed E-state index contributed by atoms with van der Waals surface area (Å²) in [6, 6.07) is 7.29. The quantitative estimate of drug-likeness (QED) is 0.847. The molecule has 1 aromatic heterocycles. The van der Waals surface area contributed by atoms with Crippen molar-refractivity contribution in [3.05, 3.63) is 29.7 Å². The van der Waals surface area contributed by atoms with E-state index in [0.29, 0.717) is 6.04 Å². The molecule has 0 aliphatic heterocycles. The van der Waals surface area contributed by atoms with Crippen molar-refractivity contribution >= 4 is 11.1 Å². The van der Waals surface area contributed by atoms with E-state index in [9.17, 15) is 0 Å². The van der Waals surface area contributed by atoms with E-state index in [1.54, 1.807) is 0 Å². The van der Waals surface area contributed by atoms with E-state index in [-0.39, 0.29) is 0 Å². The van der Waals surface area contributed by atoms with Gasteiger partial charge in [0.05, 0.1) is 0 Å². The summed E-state index contributed by atoms with van der Waals surface area (Å²) >= 11 is 0. The lowest BCUT2D eigenvalue weighted by Crippen LogP contribution is -2.30. The fourth-order valence-electron chi connectivity index (χ4n) is 2.23. The van der Waals surface area contributed by atoms with E-state index in [2.05, 4.69) is 27.8 Å². The molecule has 1 saturated carbocycles. The Morgan fingerprint density at radius 2 is 2.28 bits per heavy atom. The summed E-state index contributed by atoms with van der Waals surface area (Å²) in [5.74, 6) is 0.722. The molecule has 2 aromatic rings. The topological polar surface area (TPSA) is 50.1 Å². The van der Waals surface area contributed by atoms with Gasteiger partial charge in [-0.1, -0.05) is 6.07 Å². The average Bonchev–Trinajstić information content (AvgIpc) is 3.10. The SMILES string of the molecule is CNC(CNC1CC1)c1ccc2oc(C)nc2c1. The van der Waals surface area contributed by atoms with Crippen molar-refractivity contribution < 1.29 is 4.42 Å². The van der Waals surface area contributed by atoms with Gasteiger partial charge in [-0.2, -0.15) is 0 Å². The largest absolute Gasteiger partial charge is 0.441 e. The molecule has 0 radical (unpaired) electrons. The third kappa shape index (κ3) is 2.40. The standard InChI is InChI=1S/C14H19N3O/c1-9-17-12-7-10(3-6-14(12)18-9)13(15-2)8-16-11-4-5-11/h3,6-7,11,13,15-16H,4-5,8H2,1-2H3. The van der Waals surface area contributed by atoms with Crippen LogP contribution in [0.4, 0.5) is 0 Å². The van der Waals surface area contributed by atoms with Crippen LogP contribution in [-0.2, 0) is 0 Å². The van der Waals surface area contributed by atoms with Crippen molar-refractivity contribution in [1.29, 1.82) is 0 Å². The van der Waals surface area contributed by atoms with Gasteiger partial charge in [-0.15, -0.1) is 0 Å². The maximum absolute atomic E-state index is 5.50. The molecule has 1 atom stereocenters. The molecule has 1 unspecified atom stereocenters. The zero-order chi connectivity index (χ0) is 12.5. The molecule has 0 spiro atoms. The minimum absolute atomic E-state index is 0.326. The van der Waals surface area contributed by atoms with Crippen LogP contribution in [0.25, 0.3) is 11.1 Å². The monoisotopic (exact) mass is 245 g/mol. The van der Waals surface area contributed by atoms with E-state index >= 15 is 0 Å². The first-order valence-corrected chi connectivity index (χ1v) is 6.54. The number of benzene rings is 1. The highest BCUT2D eigenvalue weighted by atomic mass is 16.3. The van der Waals surface area contributed by atoms with E-state index < -0.39 is 0 Å². The van der Waals surface area contributed by atoms with Crippen LogP contribution < -0.4 is 10.6 Å². The lowest BCUT2D eigenvalue weighted by Gasteiger charge is -2.17. The Morgan fingerprint density at radius 1 is 1.44 bits per heavy atom. The van der Waals surface area contributed by atoms with Crippen LogP contribution >= 0.6 is 0 Å². The van der Waals surface area contributed by atoms with Gasteiger partial charge in [0.1, 0.15) is 5.52 Å². The summed E-state index contributed by atoms with van der Waals surface area (Å²) in [6.45, 7) is 2.84. The summed E-state index contributed by atoms with van der Waals surface area (Å²) in [5, 5.41) is 6.91. The maximum Gasteiger partial charge on any atom is 0.192 e. The van der Waals surface area contributed by atoms with Crippen LogP contribution in [-0.4, -0.2) is 24.6 Å². The van der Waals surface area contributed by atoms with Gasteiger partial charge in [0.15, 0.2) is 11.5 Å². The second-order valence-corrected chi connectivity index (χ2v) is 4.98. The Morgan fingerprint density at radius 3 is 3.00 bits per heavy atom. The lowest BCUT2D eigenvalue weighted by atomic mass is 10.1. The van der Waals surface area contributed by atoms with Crippen LogP contribution in [0.2, 0.25) is 0 Å². The van der Waals surface area contributed by atoms with E-state index in [4.69, 9.17) is 4.42 Å². The molecule has 2 N–H and O–H groups in total.